The number of benzene rings is 1. The van der Waals surface area contributed by atoms with Crippen LogP contribution in [0.15, 0.2) is 18.2 Å². The molecule has 3 heteroatoms. The average molecular weight is 250 g/mol. The first-order valence-corrected chi connectivity index (χ1v) is 6.99. The number of rotatable bonds is 2. The molecule has 0 spiro atoms. The fourth-order valence-corrected chi connectivity index (χ4v) is 2.74. The monoisotopic (exact) mass is 250 g/mol. The van der Waals surface area contributed by atoms with E-state index in [1.807, 2.05) is 13.0 Å². The molecule has 1 aliphatic rings. The van der Waals surface area contributed by atoms with Crippen LogP contribution in [-0.2, 0) is 0 Å². The number of halogens is 1. The second-order valence-corrected chi connectivity index (χ2v) is 5.22. The minimum absolute atomic E-state index is 0.176. The Balaban J connectivity index is 2.27. The zero-order valence-corrected chi connectivity index (χ0v) is 11.2. The Morgan fingerprint density at radius 2 is 1.72 bits per heavy atom. The highest BCUT2D eigenvalue weighted by Crippen LogP contribution is 2.29. The molecule has 1 heterocycles. The van der Waals surface area contributed by atoms with Gasteiger partial charge in [0.15, 0.2) is 0 Å². The molecule has 1 atom stereocenters. The van der Waals surface area contributed by atoms with Crippen LogP contribution < -0.4 is 10.6 Å². The van der Waals surface area contributed by atoms with Crippen molar-refractivity contribution in [3.8, 4) is 0 Å². The van der Waals surface area contributed by atoms with Crippen LogP contribution in [0.2, 0.25) is 0 Å². The molecule has 2 rings (SSSR count). The smallest absolute Gasteiger partial charge is 0.130 e. The van der Waals surface area contributed by atoms with Crippen LogP contribution in [0.3, 0.4) is 0 Å². The first-order chi connectivity index (χ1) is 8.70. The van der Waals surface area contributed by atoms with Gasteiger partial charge in [-0.2, -0.15) is 0 Å². The quantitative estimate of drug-likeness (QED) is 0.868. The van der Waals surface area contributed by atoms with E-state index >= 15 is 0 Å². The second-order valence-electron chi connectivity index (χ2n) is 5.22. The standard InChI is InChI=1S/C15H23FN2/c1-12(17)15-13(16)8-7-9-14(15)18-10-5-3-2-4-6-11-18/h7-9,12H,2-6,10-11,17H2,1H3/t12-/m0/s1. The predicted molar refractivity (Wildman–Crippen MR) is 74.3 cm³/mol. The highest BCUT2D eigenvalue weighted by atomic mass is 19.1. The Morgan fingerprint density at radius 1 is 1.11 bits per heavy atom. The van der Waals surface area contributed by atoms with E-state index in [-0.39, 0.29) is 11.9 Å². The zero-order chi connectivity index (χ0) is 13.0. The van der Waals surface area contributed by atoms with Crippen molar-refractivity contribution in [2.45, 2.75) is 45.1 Å². The summed E-state index contributed by atoms with van der Waals surface area (Å²) >= 11 is 0. The molecular formula is C15H23FN2. The van der Waals surface area contributed by atoms with Crippen molar-refractivity contribution >= 4 is 5.69 Å². The highest BCUT2D eigenvalue weighted by Gasteiger charge is 2.17. The van der Waals surface area contributed by atoms with Gasteiger partial charge in [-0.25, -0.2) is 4.39 Å². The summed E-state index contributed by atoms with van der Waals surface area (Å²) in [6, 6.07) is 5.04. The summed E-state index contributed by atoms with van der Waals surface area (Å²) in [4.78, 5) is 2.31. The molecule has 1 aliphatic heterocycles. The molecule has 1 saturated heterocycles. The topological polar surface area (TPSA) is 29.3 Å². The predicted octanol–water partition coefficient (Wildman–Crippen LogP) is 3.62. The first-order valence-electron chi connectivity index (χ1n) is 6.99. The van der Waals surface area contributed by atoms with Gasteiger partial charge in [0.2, 0.25) is 0 Å². The summed E-state index contributed by atoms with van der Waals surface area (Å²) in [5.41, 5.74) is 7.58. The minimum atomic E-state index is -0.258. The Morgan fingerprint density at radius 3 is 2.33 bits per heavy atom. The van der Waals surface area contributed by atoms with E-state index in [1.165, 1.54) is 38.2 Å². The van der Waals surface area contributed by atoms with Gasteiger partial charge in [0.25, 0.3) is 0 Å². The third-order valence-electron chi connectivity index (χ3n) is 3.68. The molecule has 2 nitrogen and oxygen atoms in total. The SMILES string of the molecule is C[C@H](N)c1c(F)cccc1N1CCCCCCC1. The molecule has 0 radical (unpaired) electrons. The maximum atomic E-state index is 13.9. The van der Waals surface area contributed by atoms with Crippen LogP contribution in [0, 0.1) is 5.82 Å². The number of hydrogen-bond donors (Lipinski definition) is 1. The molecule has 0 unspecified atom stereocenters. The van der Waals surface area contributed by atoms with E-state index in [4.69, 9.17) is 5.73 Å². The maximum Gasteiger partial charge on any atom is 0.130 e. The average Bonchev–Trinajstić information content (AvgIpc) is 2.27. The maximum absolute atomic E-state index is 13.9. The molecule has 0 saturated carbocycles. The molecule has 100 valence electrons. The van der Waals surface area contributed by atoms with Crippen LogP contribution in [0.25, 0.3) is 0 Å². The van der Waals surface area contributed by atoms with Crippen LogP contribution >= 0.6 is 0 Å². The summed E-state index contributed by atoms with van der Waals surface area (Å²) in [7, 11) is 0. The van der Waals surface area contributed by atoms with E-state index in [2.05, 4.69) is 4.90 Å². The summed E-state index contributed by atoms with van der Waals surface area (Å²) in [5.74, 6) is -0.176. The van der Waals surface area contributed by atoms with E-state index in [0.717, 1.165) is 18.8 Å². The fourth-order valence-electron chi connectivity index (χ4n) is 2.74. The van der Waals surface area contributed by atoms with Gasteiger partial charge in [0.05, 0.1) is 0 Å². The molecule has 0 aromatic heterocycles. The molecular weight excluding hydrogens is 227 g/mol. The molecule has 0 bridgehead atoms. The van der Waals surface area contributed by atoms with Gasteiger partial charge < -0.3 is 10.6 Å². The van der Waals surface area contributed by atoms with Gasteiger partial charge in [0.1, 0.15) is 5.82 Å². The molecule has 2 N–H and O–H groups in total. The molecule has 1 fully saturated rings. The van der Waals surface area contributed by atoms with E-state index in [1.54, 1.807) is 6.07 Å². The van der Waals surface area contributed by atoms with Crippen molar-refractivity contribution in [1.82, 2.24) is 0 Å². The lowest BCUT2D eigenvalue weighted by atomic mass is 10.0. The van der Waals surface area contributed by atoms with Crippen molar-refractivity contribution in [1.29, 1.82) is 0 Å². The number of anilines is 1. The minimum Gasteiger partial charge on any atom is -0.371 e. The Kier molecular flexibility index (Phi) is 4.59. The van der Waals surface area contributed by atoms with E-state index in [9.17, 15) is 4.39 Å². The third kappa shape index (κ3) is 3.02. The lowest BCUT2D eigenvalue weighted by Gasteiger charge is -2.30. The number of nitrogens with zero attached hydrogens (tertiary/aromatic N) is 1. The van der Waals surface area contributed by atoms with E-state index < -0.39 is 0 Å². The molecule has 1 aromatic rings. The normalized spacial score (nSPS) is 19.2. The van der Waals surface area contributed by atoms with Crippen LogP contribution in [0.5, 0.6) is 0 Å². The Bertz CT molecular complexity index is 382. The molecule has 18 heavy (non-hydrogen) atoms. The summed E-state index contributed by atoms with van der Waals surface area (Å²) in [5, 5.41) is 0. The summed E-state index contributed by atoms with van der Waals surface area (Å²) < 4.78 is 13.9. The Labute approximate surface area is 109 Å². The lowest BCUT2D eigenvalue weighted by molar-refractivity contribution is 0.549. The van der Waals surface area contributed by atoms with E-state index in [0.29, 0.717) is 5.56 Å². The molecule has 0 amide bonds. The number of hydrogen-bond acceptors (Lipinski definition) is 2. The third-order valence-corrected chi connectivity index (χ3v) is 3.68. The van der Waals surface area contributed by atoms with Crippen LogP contribution in [0.1, 0.15) is 50.6 Å². The van der Waals surface area contributed by atoms with Gasteiger partial charge in [-0.05, 0) is 31.9 Å². The van der Waals surface area contributed by atoms with Crippen molar-refractivity contribution in [3.05, 3.63) is 29.6 Å². The van der Waals surface area contributed by atoms with Gasteiger partial charge in [-0.1, -0.05) is 25.3 Å². The van der Waals surface area contributed by atoms with Gasteiger partial charge in [-0.15, -0.1) is 0 Å². The highest BCUT2D eigenvalue weighted by molar-refractivity contribution is 5.55. The van der Waals surface area contributed by atoms with Gasteiger partial charge >= 0.3 is 0 Å². The fraction of sp³-hybridized carbons (Fsp3) is 0.600. The van der Waals surface area contributed by atoms with Gasteiger partial charge in [-0.3, -0.25) is 0 Å². The molecule has 1 aromatic carbocycles. The molecule has 0 aliphatic carbocycles. The lowest BCUT2D eigenvalue weighted by Crippen LogP contribution is -2.29. The number of nitrogens with two attached hydrogens (primary N) is 1. The van der Waals surface area contributed by atoms with Crippen LogP contribution in [-0.4, -0.2) is 13.1 Å². The Hall–Kier alpha value is -1.09. The van der Waals surface area contributed by atoms with Crippen molar-refractivity contribution in [2.24, 2.45) is 5.73 Å². The summed E-state index contributed by atoms with van der Waals surface area (Å²) in [6.07, 6.45) is 6.26. The van der Waals surface area contributed by atoms with Crippen molar-refractivity contribution in [2.75, 3.05) is 18.0 Å². The first kappa shape index (κ1) is 13.3. The van der Waals surface area contributed by atoms with Crippen molar-refractivity contribution < 1.29 is 4.39 Å². The second kappa shape index (κ2) is 6.19. The van der Waals surface area contributed by atoms with Crippen LogP contribution in [0.4, 0.5) is 10.1 Å². The zero-order valence-electron chi connectivity index (χ0n) is 11.2. The van der Waals surface area contributed by atoms with Gasteiger partial charge in [0, 0.05) is 30.4 Å². The van der Waals surface area contributed by atoms with Crippen molar-refractivity contribution in [3.63, 3.8) is 0 Å². The largest absolute Gasteiger partial charge is 0.371 e. The summed E-state index contributed by atoms with van der Waals surface area (Å²) in [6.45, 7) is 3.89.